The van der Waals surface area contributed by atoms with Crippen molar-refractivity contribution in [1.29, 1.82) is 0 Å². The summed E-state index contributed by atoms with van der Waals surface area (Å²) in [6, 6.07) is 3.30. The maximum atomic E-state index is 12.9. The summed E-state index contributed by atoms with van der Waals surface area (Å²) < 4.78 is 10.7. The Balaban J connectivity index is 2.34. The van der Waals surface area contributed by atoms with Crippen molar-refractivity contribution in [3.8, 4) is 5.75 Å². The summed E-state index contributed by atoms with van der Waals surface area (Å²) >= 11 is 0. The first kappa shape index (κ1) is 22.6. The van der Waals surface area contributed by atoms with Gasteiger partial charge in [0.2, 0.25) is 0 Å². The number of esters is 2. The molecule has 0 amide bonds. The maximum absolute atomic E-state index is 12.9. The zero-order valence-electron chi connectivity index (χ0n) is 18.4. The van der Waals surface area contributed by atoms with Gasteiger partial charge in [-0.25, -0.2) is 0 Å². The maximum Gasteiger partial charge on any atom is 0.311 e. The molecule has 0 bridgehead atoms. The first-order chi connectivity index (χ1) is 13.9. The minimum Gasteiger partial charge on any atom is -0.508 e. The van der Waals surface area contributed by atoms with Gasteiger partial charge in [0.1, 0.15) is 18.0 Å². The van der Waals surface area contributed by atoms with E-state index in [1.807, 2.05) is 13.8 Å². The summed E-state index contributed by atoms with van der Waals surface area (Å²) in [6.45, 7) is 8.64. The first-order valence-electron chi connectivity index (χ1n) is 10.4. The largest absolute Gasteiger partial charge is 0.508 e. The number of benzene rings is 1. The van der Waals surface area contributed by atoms with Crippen LogP contribution in [-0.2, 0) is 24.5 Å². The number of ether oxygens (including phenoxy) is 2. The Morgan fingerprint density at radius 2 is 1.83 bits per heavy atom. The van der Waals surface area contributed by atoms with E-state index >= 15 is 0 Å². The van der Waals surface area contributed by atoms with Crippen LogP contribution in [0.25, 0.3) is 0 Å². The summed E-state index contributed by atoms with van der Waals surface area (Å²) in [4.78, 5) is 24.8. The summed E-state index contributed by atoms with van der Waals surface area (Å²) in [7, 11) is 1.30. The number of phenols is 1. The minimum absolute atomic E-state index is 0.00295. The highest BCUT2D eigenvalue weighted by atomic mass is 16.6. The molecule has 1 aromatic rings. The average molecular weight is 421 g/mol. The quantitative estimate of drug-likeness (QED) is 0.644. The number of hydrogen-bond acceptors (Lipinski definition) is 7. The highest BCUT2D eigenvalue weighted by Crippen LogP contribution is 2.61. The van der Waals surface area contributed by atoms with Gasteiger partial charge in [-0.2, -0.15) is 0 Å². The van der Waals surface area contributed by atoms with Crippen molar-refractivity contribution in [3.63, 3.8) is 0 Å². The van der Waals surface area contributed by atoms with Crippen molar-refractivity contribution in [3.05, 3.63) is 28.8 Å². The zero-order valence-corrected chi connectivity index (χ0v) is 18.4. The number of carbonyl (C=O) groups is 2. The van der Waals surface area contributed by atoms with E-state index in [0.717, 1.165) is 0 Å². The molecule has 0 radical (unpaired) electrons. The van der Waals surface area contributed by atoms with Crippen LogP contribution in [0.15, 0.2) is 12.1 Å². The van der Waals surface area contributed by atoms with E-state index in [9.17, 15) is 24.9 Å². The molecule has 1 fully saturated rings. The molecule has 1 aromatic carbocycles. The first-order valence-corrected chi connectivity index (χ1v) is 10.4. The summed E-state index contributed by atoms with van der Waals surface area (Å²) in [5.74, 6) is -1.76. The Morgan fingerprint density at radius 1 is 1.20 bits per heavy atom. The van der Waals surface area contributed by atoms with Gasteiger partial charge in [-0.1, -0.05) is 20.8 Å². The van der Waals surface area contributed by atoms with Crippen LogP contribution in [0.3, 0.4) is 0 Å². The Hall–Kier alpha value is -2.12. The van der Waals surface area contributed by atoms with Gasteiger partial charge in [-0.05, 0) is 54.5 Å². The van der Waals surface area contributed by atoms with Crippen molar-refractivity contribution in [2.24, 2.45) is 11.3 Å². The van der Waals surface area contributed by atoms with Crippen molar-refractivity contribution < 1.29 is 34.4 Å². The van der Waals surface area contributed by atoms with E-state index in [1.165, 1.54) is 14.0 Å². The molecule has 166 valence electrons. The minimum atomic E-state index is -1.21. The molecule has 30 heavy (non-hydrogen) atoms. The lowest BCUT2D eigenvalue weighted by Crippen LogP contribution is -2.64. The monoisotopic (exact) mass is 420 g/mol. The van der Waals surface area contributed by atoms with Gasteiger partial charge in [0.15, 0.2) is 0 Å². The van der Waals surface area contributed by atoms with Gasteiger partial charge in [-0.15, -0.1) is 0 Å². The highest BCUT2D eigenvalue weighted by Gasteiger charge is 2.65. The molecule has 3 rings (SSSR count). The third kappa shape index (κ3) is 3.10. The lowest BCUT2D eigenvalue weighted by atomic mass is 9.47. The van der Waals surface area contributed by atoms with E-state index in [-0.39, 0.29) is 11.7 Å². The number of aromatic hydroxyl groups is 1. The molecule has 2 aliphatic carbocycles. The summed E-state index contributed by atoms with van der Waals surface area (Å²) in [6.07, 6.45) is -2.49. The zero-order chi connectivity index (χ0) is 22.6. The van der Waals surface area contributed by atoms with Crippen LogP contribution in [0.5, 0.6) is 5.75 Å². The molecule has 6 atom stereocenters. The molecule has 0 aliphatic heterocycles. The molecule has 7 heteroatoms. The number of fused-ring (bicyclic) bond motifs is 3. The fourth-order valence-electron chi connectivity index (χ4n) is 5.75. The molecular formula is C23H32O7. The van der Waals surface area contributed by atoms with Crippen LogP contribution >= 0.6 is 0 Å². The van der Waals surface area contributed by atoms with Crippen LogP contribution in [0.1, 0.15) is 76.2 Å². The number of hydrogen-bond donors (Lipinski definition) is 3. The molecule has 0 aromatic heterocycles. The Labute approximate surface area is 177 Å². The number of aliphatic hydroxyl groups excluding tert-OH is 2. The second kappa shape index (κ2) is 7.54. The van der Waals surface area contributed by atoms with E-state index < -0.39 is 47.0 Å². The molecule has 2 aliphatic rings. The van der Waals surface area contributed by atoms with Gasteiger partial charge in [0.25, 0.3) is 0 Å². The van der Waals surface area contributed by atoms with Crippen LogP contribution in [0.4, 0.5) is 0 Å². The normalized spacial score (nSPS) is 35.4. The Morgan fingerprint density at radius 3 is 2.37 bits per heavy atom. The van der Waals surface area contributed by atoms with E-state index in [0.29, 0.717) is 29.5 Å². The summed E-state index contributed by atoms with van der Waals surface area (Å²) in [5.41, 5.74) is -0.448. The lowest BCUT2D eigenvalue weighted by Gasteiger charge is -2.59. The molecule has 1 saturated carbocycles. The van der Waals surface area contributed by atoms with Crippen molar-refractivity contribution >= 4 is 11.9 Å². The Bertz CT molecular complexity index is 863. The van der Waals surface area contributed by atoms with E-state index in [1.54, 1.807) is 26.0 Å². The van der Waals surface area contributed by atoms with Crippen LogP contribution in [0.2, 0.25) is 0 Å². The lowest BCUT2D eigenvalue weighted by molar-refractivity contribution is -0.199. The van der Waals surface area contributed by atoms with Gasteiger partial charge >= 0.3 is 11.9 Å². The SMILES string of the molecule is COC(=O)[C@]1(C)CC[C@H](O)[C@@]2(C)c3cc(O)c(C(C)C)cc3[C@@H](O)[C@@H](OC(C)=O)[C@H]21. The van der Waals surface area contributed by atoms with Gasteiger partial charge in [0, 0.05) is 18.3 Å². The van der Waals surface area contributed by atoms with Crippen molar-refractivity contribution in [2.45, 2.75) is 77.1 Å². The summed E-state index contributed by atoms with van der Waals surface area (Å²) in [5, 5.41) is 33.1. The average Bonchev–Trinajstić information content (AvgIpc) is 2.67. The second-order valence-electron chi connectivity index (χ2n) is 9.40. The third-order valence-corrected chi connectivity index (χ3v) is 7.28. The predicted molar refractivity (Wildman–Crippen MR) is 109 cm³/mol. The molecule has 0 unspecified atom stereocenters. The number of aliphatic hydroxyl groups is 2. The van der Waals surface area contributed by atoms with Gasteiger partial charge in [0.05, 0.1) is 18.6 Å². The highest BCUT2D eigenvalue weighted by molar-refractivity contribution is 5.78. The molecular weight excluding hydrogens is 388 g/mol. The number of phenolic OH excluding ortho intramolecular Hbond substituents is 1. The topological polar surface area (TPSA) is 113 Å². The molecule has 0 heterocycles. The fraction of sp³-hybridized carbons (Fsp3) is 0.652. The number of methoxy groups -OCH3 is 1. The second-order valence-corrected chi connectivity index (χ2v) is 9.40. The van der Waals surface area contributed by atoms with Gasteiger partial charge < -0.3 is 24.8 Å². The molecule has 3 N–H and O–H groups in total. The molecule has 0 spiro atoms. The van der Waals surface area contributed by atoms with Crippen LogP contribution in [0, 0.1) is 11.3 Å². The number of carbonyl (C=O) groups excluding carboxylic acids is 2. The van der Waals surface area contributed by atoms with Crippen LogP contribution < -0.4 is 0 Å². The fourth-order valence-corrected chi connectivity index (χ4v) is 5.75. The predicted octanol–water partition coefficient (Wildman–Crippen LogP) is 2.70. The van der Waals surface area contributed by atoms with E-state index in [4.69, 9.17) is 9.47 Å². The standard InChI is InChI=1S/C23H32O7/c1-11(2)13-9-14-15(10-16(13)25)23(5)17(26)7-8-22(4,21(28)29-6)20(23)19(18(14)27)30-12(3)24/h9-11,17-20,25-27H,7-8H2,1-6H3/t17-,18+,19+,20-,22+,23+/m0/s1. The number of rotatable bonds is 3. The molecule has 0 saturated heterocycles. The van der Waals surface area contributed by atoms with Crippen molar-refractivity contribution in [2.75, 3.05) is 7.11 Å². The van der Waals surface area contributed by atoms with Crippen LogP contribution in [-0.4, -0.2) is 46.6 Å². The third-order valence-electron chi connectivity index (χ3n) is 7.28. The smallest absolute Gasteiger partial charge is 0.311 e. The molecule has 7 nitrogen and oxygen atoms in total. The van der Waals surface area contributed by atoms with E-state index in [2.05, 4.69) is 0 Å². The van der Waals surface area contributed by atoms with Gasteiger partial charge in [-0.3, -0.25) is 9.59 Å². The van der Waals surface area contributed by atoms with Crippen molar-refractivity contribution in [1.82, 2.24) is 0 Å². The Kier molecular flexibility index (Phi) is 5.67.